The van der Waals surface area contributed by atoms with Crippen molar-refractivity contribution in [2.45, 2.75) is 6.04 Å². The molecule has 8 heteroatoms. The number of rotatable bonds is 4. The summed E-state index contributed by atoms with van der Waals surface area (Å²) in [6.07, 6.45) is 0. The van der Waals surface area contributed by atoms with Gasteiger partial charge < -0.3 is 9.95 Å². The van der Waals surface area contributed by atoms with Crippen molar-refractivity contribution in [2.24, 2.45) is 15.3 Å². The first-order chi connectivity index (χ1) is 12.1. The van der Waals surface area contributed by atoms with Gasteiger partial charge in [0.1, 0.15) is 0 Å². The maximum absolute atomic E-state index is 12.5. The number of carboxylic acids is 1. The van der Waals surface area contributed by atoms with Crippen molar-refractivity contribution in [2.75, 3.05) is 5.01 Å². The highest BCUT2D eigenvalue weighted by molar-refractivity contribution is 6.21. The molecule has 1 N–H and O–H groups in total. The summed E-state index contributed by atoms with van der Waals surface area (Å²) in [5.74, 6) is -1.58. The van der Waals surface area contributed by atoms with Gasteiger partial charge in [0.2, 0.25) is 6.04 Å². The van der Waals surface area contributed by atoms with E-state index in [1.165, 1.54) is 24.3 Å². The number of anilines is 1. The summed E-state index contributed by atoms with van der Waals surface area (Å²) in [7, 11) is 0. The van der Waals surface area contributed by atoms with Crippen molar-refractivity contribution in [3.63, 3.8) is 0 Å². The van der Waals surface area contributed by atoms with E-state index in [1.54, 1.807) is 24.3 Å². The van der Waals surface area contributed by atoms with Gasteiger partial charge in [0.15, 0.2) is 0 Å². The second-order valence-electron chi connectivity index (χ2n) is 5.03. The average Bonchev–Trinajstić information content (AvgIpc) is 2.96. The predicted molar refractivity (Wildman–Crippen MR) is 89.7 cm³/mol. The third-order valence-corrected chi connectivity index (χ3v) is 3.41. The van der Waals surface area contributed by atoms with Gasteiger partial charge in [0, 0.05) is 0 Å². The molecule has 8 nitrogen and oxygen atoms in total. The van der Waals surface area contributed by atoms with Crippen LogP contribution in [0.4, 0.5) is 11.4 Å². The molecule has 122 valence electrons. The Kier molecular flexibility index (Phi) is 4.30. The molecule has 1 aliphatic heterocycles. The molecule has 0 radical (unpaired) electrons. The number of amides is 1. The van der Waals surface area contributed by atoms with Crippen molar-refractivity contribution in [1.82, 2.24) is 0 Å². The van der Waals surface area contributed by atoms with E-state index in [9.17, 15) is 9.59 Å². The van der Waals surface area contributed by atoms with Crippen LogP contribution in [-0.2, 0) is 4.79 Å². The minimum absolute atomic E-state index is 0.0697. The predicted octanol–water partition coefficient (Wildman–Crippen LogP) is 3.12. The number of hydrazone groups is 1. The van der Waals surface area contributed by atoms with Crippen LogP contribution in [0.25, 0.3) is 4.85 Å². The van der Waals surface area contributed by atoms with Crippen LogP contribution < -0.4 is 5.01 Å². The first-order valence-electron chi connectivity index (χ1n) is 7.19. The van der Waals surface area contributed by atoms with E-state index in [0.29, 0.717) is 11.4 Å². The van der Waals surface area contributed by atoms with E-state index in [2.05, 4.69) is 20.2 Å². The Labute approximate surface area is 142 Å². The van der Waals surface area contributed by atoms with Gasteiger partial charge in [-0.05, 0) is 41.5 Å². The van der Waals surface area contributed by atoms with Crippen LogP contribution in [0.5, 0.6) is 0 Å². The third kappa shape index (κ3) is 3.25. The number of hydrogen-bond donors (Lipinski definition) is 1. The van der Waals surface area contributed by atoms with Crippen LogP contribution in [0.15, 0.2) is 69.9 Å². The number of para-hydroxylation sites is 1. The number of azo groups is 1. The van der Waals surface area contributed by atoms with Gasteiger partial charge in [0.25, 0.3) is 5.91 Å². The maximum atomic E-state index is 12.5. The Morgan fingerprint density at radius 2 is 1.84 bits per heavy atom. The summed E-state index contributed by atoms with van der Waals surface area (Å²) in [5.41, 5.74) is 1.03. The number of carbonyl (C=O) groups is 2. The van der Waals surface area contributed by atoms with Crippen LogP contribution in [0.3, 0.4) is 0 Å². The molecule has 0 fully saturated rings. The molecule has 0 bridgehead atoms. The Morgan fingerprint density at radius 1 is 1.16 bits per heavy atom. The van der Waals surface area contributed by atoms with Gasteiger partial charge in [-0.15, -0.1) is 5.01 Å². The van der Waals surface area contributed by atoms with Gasteiger partial charge in [0.05, 0.1) is 16.9 Å². The number of nitrogens with zero attached hydrogens (tertiary/aromatic N) is 5. The minimum Gasteiger partial charge on any atom is -0.478 e. The molecule has 1 aliphatic rings. The highest BCUT2D eigenvalue weighted by Crippen LogP contribution is 2.23. The molecule has 25 heavy (non-hydrogen) atoms. The molecule has 1 atom stereocenters. The van der Waals surface area contributed by atoms with Crippen molar-refractivity contribution < 1.29 is 14.7 Å². The van der Waals surface area contributed by atoms with Crippen molar-refractivity contribution in [3.05, 3.63) is 71.6 Å². The molecule has 1 unspecified atom stereocenters. The van der Waals surface area contributed by atoms with Gasteiger partial charge in [-0.3, -0.25) is 4.79 Å². The van der Waals surface area contributed by atoms with E-state index in [-0.39, 0.29) is 11.4 Å². The lowest BCUT2D eigenvalue weighted by Crippen LogP contribution is -2.29. The number of carbonyl (C=O) groups excluding carboxylic acids is 1. The van der Waals surface area contributed by atoms with Gasteiger partial charge in [-0.25, -0.2) is 4.79 Å². The van der Waals surface area contributed by atoms with Crippen LogP contribution in [0.1, 0.15) is 10.4 Å². The van der Waals surface area contributed by atoms with E-state index in [1.807, 2.05) is 6.07 Å². The molecular weight excluding hydrogens is 322 g/mol. The number of amidine groups is 1. The van der Waals surface area contributed by atoms with E-state index in [4.69, 9.17) is 11.7 Å². The maximum Gasteiger partial charge on any atom is 0.335 e. The molecule has 0 saturated carbocycles. The van der Waals surface area contributed by atoms with E-state index >= 15 is 0 Å². The average molecular weight is 333 g/mol. The summed E-state index contributed by atoms with van der Waals surface area (Å²) in [5, 5.41) is 21.8. The summed E-state index contributed by atoms with van der Waals surface area (Å²) in [4.78, 5) is 26.5. The fraction of sp³-hybridized carbons (Fsp3) is 0.0588. The lowest BCUT2D eigenvalue weighted by molar-refractivity contribution is -0.117. The minimum atomic E-state index is -1.11. The second kappa shape index (κ2) is 6.72. The largest absolute Gasteiger partial charge is 0.478 e. The molecule has 2 aromatic carbocycles. The van der Waals surface area contributed by atoms with Gasteiger partial charge >= 0.3 is 11.8 Å². The smallest absolute Gasteiger partial charge is 0.335 e. The molecule has 1 heterocycles. The molecule has 0 saturated heterocycles. The van der Waals surface area contributed by atoms with Gasteiger partial charge in [-0.1, -0.05) is 24.8 Å². The molecule has 2 aromatic rings. The van der Waals surface area contributed by atoms with Crippen molar-refractivity contribution in [1.29, 1.82) is 0 Å². The first kappa shape index (κ1) is 16.0. The Balaban J connectivity index is 1.82. The highest BCUT2D eigenvalue weighted by Gasteiger charge is 2.40. The Bertz CT molecular complexity index is 914. The Morgan fingerprint density at radius 3 is 2.44 bits per heavy atom. The van der Waals surface area contributed by atoms with Crippen LogP contribution in [0.2, 0.25) is 0 Å². The number of carboxylic acid groups (broad SMARTS) is 1. The lowest BCUT2D eigenvalue weighted by atomic mass is 10.2. The molecule has 0 aliphatic carbocycles. The zero-order valence-corrected chi connectivity index (χ0v) is 12.8. The summed E-state index contributed by atoms with van der Waals surface area (Å²) >= 11 is 0. The SMILES string of the molecule is [C-]#[N+]C1=NN(c2ccccc2)C(=O)C1N=Nc1ccc(C(=O)O)cc1. The molecule has 1 amide bonds. The fourth-order valence-electron chi connectivity index (χ4n) is 2.17. The Hall–Kier alpha value is -3.86. The lowest BCUT2D eigenvalue weighted by Gasteiger charge is -2.07. The molecule has 3 rings (SSSR count). The normalized spacial score (nSPS) is 16.8. The third-order valence-electron chi connectivity index (χ3n) is 3.41. The first-order valence-corrected chi connectivity index (χ1v) is 7.19. The fourth-order valence-corrected chi connectivity index (χ4v) is 2.17. The van der Waals surface area contributed by atoms with E-state index in [0.717, 1.165) is 5.01 Å². The quantitative estimate of drug-likeness (QED) is 0.687. The standard InChI is InChI=1S/C17H11N5O3/c1-18-15-14(16(23)22(21-15)13-5-3-2-4-6-13)20-19-12-9-7-11(8-10-12)17(24)25/h2-10,14H,(H,24,25). The summed E-state index contributed by atoms with van der Waals surface area (Å²) < 4.78 is 0. The monoisotopic (exact) mass is 333 g/mol. The van der Waals surface area contributed by atoms with Crippen LogP contribution >= 0.6 is 0 Å². The zero-order valence-electron chi connectivity index (χ0n) is 12.8. The topological polar surface area (TPSA) is 99.0 Å². The summed E-state index contributed by atoms with van der Waals surface area (Å²) in [6.45, 7) is 7.18. The number of benzene rings is 2. The summed E-state index contributed by atoms with van der Waals surface area (Å²) in [6, 6.07) is 13.3. The second-order valence-corrected chi connectivity index (χ2v) is 5.03. The molecular formula is C17H11N5O3. The molecule has 0 spiro atoms. The highest BCUT2D eigenvalue weighted by atomic mass is 16.4. The van der Waals surface area contributed by atoms with Crippen LogP contribution in [0, 0.1) is 6.57 Å². The van der Waals surface area contributed by atoms with Crippen molar-refractivity contribution in [3.8, 4) is 0 Å². The van der Waals surface area contributed by atoms with Crippen molar-refractivity contribution >= 4 is 29.1 Å². The zero-order chi connectivity index (χ0) is 17.8. The number of hydrogen-bond acceptors (Lipinski definition) is 5. The number of aromatic carboxylic acids is 1. The molecule has 0 aromatic heterocycles. The van der Waals surface area contributed by atoms with Crippen LogP contribution in [-0.4, -0.2) is 28.9 Å². The van der Waals surface area contributed by atoms with E-state index < -0.39 is 17.9 Å². The van der Waals surface area contributed by atoms with Gasteiger partial charge in [-0.2, -0.15) is 10.2 Å².